The van der Waals surface area contributed by atoms with Crippen molar-refractivity contribution in [3.8, 4) is 11.4 Å². The highest BCUT2D eigenvalue weighted by Crippen LogP contribution is 2.44. The number of pyridine rings is 1. The van der Waals surface area contributed by atoms with E-state index in [9.17, 15) is 14.9 Å². The number of benzene rings is 2. The first-order chi connectivity index (χ1) is 19.6. The van der Waals surface area contributed by atoms with Crippen molar-refractivity contribution in [1.82, 2.24) is 14.9 Å². The predicted molar refractivity (Wildman–Crippen MR) is 161 cm³/mol. The molecular formula is C30H30N6O4S. The number of rotatable bonds is 7. The molecule has 5 rings (SSSR count). The van der Waals surface area contributed by atoms with Crippen LogP contribution >= 0.6 is 12.2 Å². The van der Waals surface area contributed by atoms with Crippen LogP contribution in [0.4, 0.5) is 17.1 Å². The molecule has 1 amide bonds. The van der Waals surface area contributed by atoms with Crippen molar-refractivity contribution in [2.24, 2.45) is 5.41 Å². The Morgan fingerprint density at radius 1 is 1.07 bits per heavy atom. The van der Waals surface area contributed by atoms with Crippen LogP contribution in [-0.4, -0.2) is 32.6 Å². The second kappa shape index (κ2) is 11.0. The van der Waals surface area contributed by atoms with Crippen LogP contribution in [0, 0.1) is 15.5 Å². The van der Waals surface area contributed by atoms with Gasteiger partial charge >= 0.3 is 0 Å². The predicted octanol–water partition coefficient (Wildman–Crippen LogP) is 5.95. The fourth-order valence-corrected chi connectivity index (χ4v) is 5.13. The SMILES string of the molecule is COc1cc(N2C(=S)N[C@@H](c3ccccn3)[C@H]2c2cccn2-c2ccc([N+](=O)[O-])cc2)ccc1NC(=O)C(C)(C)C. The van der Waals surface area contributed by atoms with E-state index in [0.29, 0.717) is 16.5 Å². The fraction of sp³-hybridized carbons (Fsp3) is 0.233. The zero-order chi connectivity index (χ0) is 29.3. The average molecular weight is 571 g/mol. The maximum Gasteiger partial charge on any atom is 0.269 e. The molecule has 11 heteroatoms. The zero-order valence-corrected chi connectivity index (χ0v) is 23.9. The Morgan fingerprint density at radius 2 is 1.80 bits per heavy atom. The summed E-state index contributed by atoms with van der Waals surface area (Å²) in [6.07, 6.45) is 3.65. The standard InChI is InChI=1S/C30H30N6O4S/c1-30(2,3)28(37)32-22-15-14-21(18-25(22)40-4)35-27(26(33-29(35)41)23-8-5-6-16-31-23)24-9-7-17-34(24)19-10-12-20(13-11-19)36(38)39/h5-18,26-27H,1-4H3,(H,32,37)(H,33,41)/t26-,27+/m0/s1. The summed E-state index contributed by atoms with van der Waals surface area (Å²) in [5.41, 5.74) is 3.23. The second-order valence-electron chi connectivity index (χ2n) is 10.7. The van der Waals surface area contributed by atoms with E-state index in [1.54, 1.807) is 31.5 Å². The number of ether oxygens (including phenoxy) is 1. The summed E-state index contributed by atoms with van der Waals surface area (Å²) in [7, 11) is 1.56. The van der Waals surface area contributed by atoms with Crippen LogP contribution in [0.5, 0.6) is 5.75 Å². The molecule has 4 aromatic rings. The third-order valence-electron chi connectivity index (χ3n) is 6.91. The minimum atomic E-state index is -0.575. The van der Waals surface area contributed by atoms with Gasteiger partial charge in [0.25, 0.3) is 5.69 Å². The molecule has 0 saturated carbocycles. The molecule has 0 bridgehead atoms. The molecule has 2 aromatic heterocycles. The first-order valence-electron chi connectivity index (χ1n) is 13.0. The second-order valence-corrected chi connectivity index (χ2v) is 11.0. The molecular weight excluding hydrogens is 540 g/mol. The number of anilines is 2. The minimum Gasteiger partial charge on any atom is -0.494 e. The summed E-state index contributed by atoms with van der Waals surface area (Å²) >= 11 is 5.88. The largest absolute Gasteiger partial charge is 0.494 e. The Morgan fingerprint density at radius 3 is 2.44 bits per heavy atom. The number of nitrogens with zero attached hydrogens (tertiary/aromatic N) is 4. The number of thiocarbonyl (C=S) groups is 1. The van der Waals surface area contributed by atoms with Crippen LogP contribution in [0.15, 0.2) is 85.2 Å². The van der Waals surface area contributed by atoms with Gasteiger partial charge < -0.3 is 24.8 Å². The molecule has 10 nitrogen and oxygen atoms in total. The number of hydrogen-bond donors (Lipinski definition) is 2. The van der Waals surface area contributed by atoms with Crippen molar-refractivity contribution < 1.29 is 14.5 Å². The number of hydrogen-bond acceptors (Lipinski definition) is 6. The Kier molecular flexibility index (Phi) is 7.46. The Balaban J connectivity index is 1.60. The first-order valence-corrected chi connectivity index (χ1v) is 13.4. The van der Waals surface area contributed by atoms with Gasteiger partial charge in [-0.25, -0.2) is 0 Å². The molecule has 210 valence electrons. The molecule has 0 aliphatic carbocycles. The topological polar surface area (TPSA) is 115 Å². The lowest BCUT2D eigenvalue weighted by molar-refractivity contribution is -0.384. The van der Waals surface area contributed by atoms with Crippen molar-refractivity contribution in [2.45, 2.75) is 32.9 Å². The normalized spacial score (nSPS) is 16.8. The number of methoxy groups -OCH3 is 1. The Hall–Kier alpha value is -4.77. The fourth-order valence-electron chi connectivity index (χ4n) is 4.78. The zero-order valence-electron chi connectivity index (χ0n) is 23.1. The van der Waals surface area contributed by atoms with Crippen molar-refractivity contribution in [1.29, 1.82) is 0 Å². The van der Waals surface area contributed by atoms with E-state index in [1.807, 2.05) is 78.9 Å². The van der Waals surface area contributed by atoms with Crippen LogP contribution < -0.4 is 20.3 Å². The van der Waals surface area contributed by atoms with Gasteiger partial charge in [0.05, 0.1) is 29.5 Å². The van der Waals surface area contributed by atoms with Gasteiger partial charge in [-0.15, -0.1) is 0 Å². The highest BCUT2D eigenvalue weighted by Gasteiger charge is 2.42. The monoisotopic (exact) mass is 570 g/mol. The average Bonchev–Trinajstić information content (AvgIpc) is 3.57. The minimum absolute atomic E-state index is 0.0184. The van der Waals surface area contributed by atoms with Gasteiger partial charge in [0, 0.05) is 53.1 Å². The molecule has 1 saturated heterocycles. The molecule has 3 heterocycles. The number of non-ortho nitro benzene ring substituents is 1. The van der Waals surface area contributed by atoms with Crippen molar-refractivity contribution in [3.05, 3.63) is 107 Å². The lowest BCUT2D eigenvalue weighted by atomic mass is 9.95. The quantitative estimate of drug-likeness (QED) is 0.159. The molecule has 41 heavy (non-hydrogen) atoms. The van der Waals surface area contributed by atoms with E-state index < -0.39 is 10.3 Å². The Bertz CT molecular complexity index is 1600. The molecule has 1 fully saturated rings. The van der Waals surface area contributed by atoms with E-state index in [-0.39, 0.29) is 23.7 Å². The third kappa shape index (κ3) is 5.48. The van der Waals surface area contributed by atoms with Crippen molar-refractivity contribution >= 4 is 40.3 Å². The van der Waals surface area contributed by atoms with Crippen LogP contribution in [0.3, 0.4) is 0 Å². The lowest BCUT2D eigenvalue weighted by Crippen LogP contribution is -2.30. The molecule has 2 N–H and O–H groups in total. The van der Waals surface area contributed by atoms with Crippen LogP contribution in [0.25, 0.3) is 5.69 Å². The van der Waals surface area contributed by atoms with E-state index in [1.165, 1.54) is 12.1 Å². The summed E-state index contributed by atoms with van der Waals surface area (Å²) in [6.45, 7) is 5.54. The summed E-state index contributed by atoms with van der Waals surface area (Å²) in [6, 6.07) is 21.0. The summed E-state index contributed by atoms with van der Waals surface area (Å²) < 4.78 is 7.67. The van der Waals surface area contributed by atoms with Gasteiger partial charge in [0.1, 0.15) is 11.8 Å². The number of nitrogens with one attached hydrogen (secondary N) is 2. The summed E-state index contributed by atoms with van der Waals surface area (Å²) in [5.74, 6) is 0.365. The van der Waals surface area contributed by atoms with Crippen LogP contribution in [0.1, 0.15) is 44.2 Å². The number of carbonyl (C=O) groups excluding carboxylic acids is 1. The van der Waals surface area contributed by atoms with E-state index in [0.717, 1.165) is 22.8 Å². The highest BCUT2D eigenvalue weighted by molar-refractivity contribution is 7.80. The maximum absolute atomic E-state index is 12.7. The van der Waals surface area contributed by atoms with Crippen LogP contribution in [0.2, 0.25) is 0 Å². The van der Waals surface area contributed by atoms with Crippen molar-refractivity contribution in [3.63, 3.8) is 0 Å². The molecule has 0 spiro atoms. The van der Waals surface area contributed by atoms with Gasteiger partial charge in [-0.1, -0.05) is 26.8 Å². The lowest BCUT2D eigenvalue weighted by Gasteiger charge is -2.29. The summed E-state index contributed by atoms with van der Waals surface area (Å²) in [5, 5.41) is 18.1. The number of nitro benzene ring substituents is 1. The molecule has 0 unspecified atom stereocenters. The number of nitro groups is 1. The third-order valence-corrected chi connectivity index (χ3v) is 7.23. The van der Waals surface area contributed by atoms with E-state index in [4.69, 9.17) is 17.0 Å². The van der Waals surface area contributed by atoms with Crippen molar-refractivity contribution in [2.75, 3.05) is 17.3 Å². The molecule has 0 radical (unpaired) electrons. The van der Waals surface area contributed by atoms with E-state index >= 15 is 0 Å². The summed E-state index contributed by atoms with van der Waals surface area (Å²) in [4.78, 5) is 30.1. The Labute approximate surface area is 243 Å². The van der Waals surface area contributed by atoms with Gasteiger partial charge in [-0.3, -0.25) is 19.9 Å². The van der Waals surface area contributed by atoms with Crippen LogP contribution in [-0.2, 0) is 4.79 Å². The van der Waals surface area contributed by atoms with Gasteiger partial charge in [-0.2, -0.15) is 0 Å². The highest BCUT2D eigenvalue weighted by atomic mass is 32.1. The van der Waals surface area contributed by atoms with Gasteiger partial charge in [0.2, 0.25) is 5.91 Å². The van der Waals surface area contributed by atoms with Gasteiger partial charge in [-0.05, 0) is 60.7 Å². The van der Waals surface area contributed by atoms with Gasteiger partial charge in [0.15, 0.2) is 5.11 Å². The molecule has 2 atom stereocenters. The molecule has 1 aliphatic rings. The van der Waals surface area contributed by atoms with E-state index in [2.05, 4.69) is 15.6 Å². The number of carbonyl (C=O) groups is 1. The first kappa shape index (κ1) is 27.8. The molecule has 1 aliphatic heterocycles. The smallest absolute Gasteiger partial charge is 0.269 e. The molecule has 2 aromatic carbocycles. The number of aromatic nitrogens is 2. The maximum atomic E-state index is 12.7. The number of amides is 1.